The Bertz CT molecular complexity index is 665. The number of benzene rings is 1. The molecule has 1 amide bonds. The summed E-state index contributed by atoms with van der Waals surface area (Å²) < 4.78 is 11.0. The molecule has 2 aromatic rings. The Kier molecular flexibility index (Phi) is 5.25. The Labute approximate surface area is 139 Å². The molecular formula is C17H20N2O3S. The van der Waals surface area contributed by atoms with Crippen molar-refractivity contribution in [2.24, 2.45) is 0 Å². The van der Waals surface area contributed by atoms with Crippen molar-refractivity contribution >= 4 is 17.2 Å². The van der Waals surface area contributed by atoms with Gasteiger partial charge in [-0.2, -0.15) is 0 Å². The summed E-state index contributed by atoms with van der Waals surface area (Å²) in [6.07, 6.45) is 0.979. The van der Waals surface area contributed by atoms with Gasteiger partial charge in [0, 0.05) is 18.5 Å². The van der Waals surface area contributed by atoms with Crippen LogP contribution >= 0.6 is 11.3 Å². The monoisotopic (exact) mass is 332 g/mol. The molecule has 3 rings (SSSR count). The smallest absolute Gasteiger partial charge is 0.273 e. The lowest BCUT2D eigenvalue weighted by Crippen LogP contribution is -2.40. The van der Waals surface area contributed by atoms with Gasteiger partial charge < -0.3 is 14.4 Å². The van der Waals surface area contributed by atoms with Crippen molar-refractivity contribution in [1.29, 1.82) is 0 Å². The average Bonchev–Trinajstić information content (AvgIpc) is 3.09. The second kappa shape index (κ2) is 7.57. The zero-order chi connectivity index (χ0) is 16.1. The van der Waals surface area contributed by atoms with E-state index < -0.39 is 0 Å². The summed E-state index contributed by atoms with van der Waals surface area (Å²) in [5, 5.41) is 2.61. The summed E-state index contributed by atoms with van der Waals surface area (Å²) >= 11 is 1.46. The minimum absolute atomic E-state index is 0.0243. The van der Waals surface area contributed by atoms with Gasteiger partial charge in [0.15, 0.2) is 0 Å². The summed E-state index contributed by atoms with van der Waals surface area (Å²) in [4.78, 5) is 18.5. The standard InChI is InChI=1S/C17H20N2O3S/c1-2-13-4-3-5-14(10-13)22-11-16-18-15(12-23-16)17(20)19-6-8-21-9-7-19/h3-5,10,12H,2,6-9,11H2,1H3. The first-order valence-corrected chi connectivity index (χ1v) is 8.67. The van der Waals surface area contributed by atoms with Gasteiger partial charge in [-0.3, -0.25) is 4.79 Å². The Balaban J connectivity index is 1.59. The van der Waals surface area contributed by atoms with Crippen LogP contribution in [0.5, 0.6) is 5.75 Å². The van der Waals surface area contributed by atoms with Gasteiger partial charge in [0.05, 0.1) is 13.2 Å². The molecular weight excluding hydrogens is 312 g/mol. The maximum Gasteiger partial charge on any atom is 0.273 e. The molecule has 0 aliphatic carbocycles. The number of carbonyl (C=O) groups is 1. The number of rotatable bonds is 5. The summed E-state index contributed by atoms with van der Waals surface area (Å²) in [7, 11) is 0. The van der Waals surface area contributed by atoms with Gasteiger partial charge in [-0.15, -0.1) is 11.3 Å². The molecule has 1 aliphatic heterocycles. The molecule has 0 saturated carbocycles. The molecule has 23 heavy (non-hydrogen) atoms. The third-order valence-electron chi connectivity index (χ3n) is 3.74. The number of hydrogen-bond donors (Lipinski definition) is 0. The molecule has 5 nitrogen and oxygen atoms in total. The van der Waals surface area contributed by atoms with Crippen molar-refractivity contribution in [3.05, 3.63) is 45.9 Å². The van der Waals surface area contributed by atoms with Crippen LogP contribution in [-0.4, -0.2) is 42.1 Å². The van der Waals surface area contributed by atoms with Crippen LogP contribution < -0.4 is 4.74 Å². The van der Waals surface area contributed by atoms with Gasteiger partial charge in [-0.05, 0) is 24.1 Å². The van der Waals surface area contributed by atoms with Crippen LogP contribution in [0.15, 0.2) is 29.6 Å². The van der Waals surface area contributed by atoms with E-state index in [9.17, 15) is 4.79 Å². The molecule has 0 unspecified atom stereocenters. The van der Waals surface area contributed by atoms with Gasteiger partial charge >= 0.3 is 0 Å². The first-order chi connectivity index (χ1) is 11.3. The molecule has 1 aromatic heterocycles. The SMILES string of the molecule is CCc1cccc(OCc2nc(C(=O)N3CCOCC3)cs2)c1. The van der Waals surface area contributed by atoms with E-state index in [2.05, 4.69) is 18.0 Å². The van der Waals surface area contributed by atoms with E-state index in [0.29, 0.717) is 38.6 Å². The number of amides is 1. The van der Waals surface area contributed by atoms with Crippen LogP contribution in [0.1, 0.15) is 28.0 Å². The maximum atomic E-state index is 12.3. The van der Waals surface area contributed by atoms with Crippen LogP contribution in [0, 0.1) is 0 Å². The molecule has 0 N–H and O–H groups in total. The first kappa shape index (κ1) is 16.0. The number of hydrogen-bond acceptors (Lipinski definition) is 5. The van der Waals surface area contributed by atoms with Gasteiger partial charge in [-0.25, -0.2) is 4.98 Å². The Morgan fingerprint density at radius 2 is 2.22 bits per heavy atom. The van der Waals surface area contributed by atoms with Crippen molar-refractivity contribution in [3.63, 3.8) is 0 Å². The minimum Gasteiger partial charge on any atom is -0.486 e. The van der Waals surface area contributed by atoms with Crippen LogP contribution in [-0.2, 0) is 17.8 Å². The predicted molar refractivity (Wildman–Crippen MR) is 89.0 cm³/mol. The van der Waals surface area contributed by atoms with E-state index in [1.54, 1.807) is 10.3 Å². The highest BCUT2D eigenvalue weighted by Gasteiger charge is 2.20. The number of carbonyl (C=O) groups excluding carboxylic acids is 1. The van der Waals surface area contributed by atoms with E-state index in [-0.39, 0.29) is 5.91 Å². The van der Waals surface area contributed by atoms with E-state index in [1.165, 1.54) is 16.9 Å². The normalized spacial score (nSPS) is 14.7. The van der Waals surface area contributed by atoms with Crippen LogP contribution in [0.2, 0.25) is 0 Å². The van der Waals surface area contributed by atoms with Crippen LogP contribution in [0.3, 0.4) is 0 Å². The highest BCUT2D eigenvalue weighted by molar-refractivity contribution is 7.09. The lowest BCUT2D eigenvalue weighted by atomic mass is 10.2. The van der Waals surface area contributed by atoms with E-state index in [0.717, 1.165) is 17.2 Å². The fourth-order valence-electron chi connectivity index (χ4n) is 2.40. The van der Waals surface area contributed by atoms with Crippen molar-refractivity contribution in [2.45, 2.75) is 20.0 Å². The third kappa shape index (κ3) is 4.09. The van der Waals surface area contributed by atoms with E-state index >= 15 is 0 Å². The number of ether oxygens (including phenoxy) is 2. The lowest BCUT2D eigenvalue weighted by Gasteiger charge is -2.25. The Hall–Kier alpha value is -1.92. The molecule has 0 atom stereocenters. The first-order valence-electron chi connectivity index (χ1n) is 7.79. The highest BCUT2D eigenvalue weighted by Crippen LogP contribution is 2.18. The fourth-order valence-corrected chi connectivity index (χ4v) is 3.08. The molecule has 1 saturated heterocycles. The van der Waals surface area contributed by atoms with Crippen molar-refractivity contribution in [1.82, 2.24) is 9.88 Å². The summed E-state index contributed by atoms with van der Waals surface area (Å²) in [5.41, 5.74) is 1.74. The zero-order valence-electron chi connectivity index (χ0n) is 13.2. The second-order valence-electron chi connectivity index (χ2n) is 5.32. The molecule has 0 spiro atoms. The van der Waals surface area contributed by atoms with Crippen LogP contribution in [0.4, 0.5) is 0 Å². The third-order valence-corrected chi connectivity index (χ3v) is 4.56. The molecule has 2 heterocycles. The summed E-state index contributed by atoms with van der Waals surface area (Å²) in [5.74, 6) is 0.810. The van der Waals surface area contributed by atoms with Crippen molar-refractivity contribution < 1.29 is 14.3 Å². The van der Waals surface area contributed by atoms with Crippen LogP contribution in [0.25, 0.3) is 0 Å². The molecule has 6 heteroatoms. The zero-order valence-corrected chi connectivity index (χ0v) is 14.0. The summed E-state index contributed by atoms with van der Waals surface area (Å²) in [6, 6.07) is 8.04. The number of thiazole rings is 1. The number of aryl methyl sites for hydroxylation is 1. The number of aromatic nitrogens is 1. The number of nitrogens with zero attached hydrogens (tertiary/aromatic N) is 2. The Morgan fingerprint density at radius 1 is 1.39 bits per heavy atom. The van der Waals surface area contributed by atoms with Gasteiger partial charge in [0.1, 0.15) is 23.1 Å². The average molecular weight is 332 g/mol. The quantitative estimate of drug-likeness (QED) is 0.845. The maximum absolute atomic E-state index is 12.3. The van der Waals surface area contributed by atoms with Gasteiger partial charge in [0.25, 0.3) is 5.91 Å². The number of morpholine rings is 1. The molecule has 0 radical (unpaired) electrons. The van der Waals surface area contributed by atoms with E-state index in [1.807, 2.05) is 18.2 Å². The fraction of sp³-hybridized carbons (Fsp3) is 0.412. The van der Waals surface area contributed by atoms with Gasteiger partial charge in [0.2, 0.25) is 0 Å². The molecule has 1 aliphatic rings. The van der Waals surface area contributed by atoms with E-state index in [4.69, 9.17) is 9.47 Å². The Morgan fingerprint density at radius 3 is 3.00 bits per heavy atom. The highest BCUT2D eigenvalue weighted by atomic mass is 32.1. The second-order valence-corrected chi connectivity index (χ2v) is 6.26. The molecule has 0 bridgehead atoms. The molecule has 1 fully saturated rings. The largest absolute Gasteiger partial charge is 0.486 e. The van der Waals surface area contributed by atoms with Crippen molar-refractivity contribution in [3.8, 4) is 5.75 Å². The molecule has 122 valence electrons. The topological polar surface area (TPSA) is 51.7 Å². The van der Waals surface area contributed by atoms with Gasteiger partial charge in [-0.1, -0.05) is 19.1 Å². The van der Waals surface area contributed by atoms with Crippen molar-refractivity contribution in [2.75, 3.05) is 26.3 Å². The molecule has 1 aromatic carbocycles. The summed E-state index contributed by atoms with van der Waals surface area (Å²) in [6.45, 7) is 4.95. The minimum atomic E-state index is -0.0243. The lowest BCUT2D eigenvalue weighted by molar-refractivity contribution is 0.0299. The predicted octanol–water partition coefficient (Wildman–Crippen LogP) is 2.76.